The highest BCUT2D eigenvalue weighted by molar-refractivity contribution is 5.91. The Kier molecular flexibility index (Phi) is 11.0. The first-order valence-electron chi connectivity index (χ1n) is 6.45. The van der Waals surface area contributed by atoms with E-state index in [9.17, 15) is 9.59 Å². The van der Waals surface area contributed by atoms with Crippen molar-refractivity contribution in [1.29, 1.82) is 0 Å². The summed E-state index contributed by atoms with van der Waals surface area (Å²) in [5, 5.41) is 0.499. The molecule has 5 nitrogen and oxygen atoms in total. The van der Waals surface area contributed by atoms with E-state index in [2.05, 4.69) is 22.9 Å². The highest BCUT2D eigenvalue weighted by Crippen LogP contribution is 2.16. The number of hydrogen-bond acceptors (Lipinski definition) is 4. The molecular weight excluding hydrogens is 282 g/mol. The number of fused-ring (bicyclic) bond motifs is 1. The molecule has 5 heteroatoms. The number of pyridine rings is 1. The number of rotatable bonds is 2. The molecule has 0 saturated heterocycles. The Morgan fingerprint density at radius 1 is 1.14 bits per heavy atom. The molecule has 0 saturated carbocycles. The third-order valence-electron chi connectivity index (χ3n) is 2.44. The first kappa shape index (κ1) is 21.7. The molecule has 0 unspecified atom stereocenters. The number of aromatic nitrogens is 1. The van der Waals surface area contributed by atoms with E-state index in [4.69, 9.17) is 4.74 Å². The van der Waals surface area contributed by atoms with Crippen LogP contribution in [0.5, 0.6) is 5.75 Å². The fourth-order valence-electron chi connectivity index (χ4n) is 1.58. The van der Waals surface area contributed by atoms with Gasteiger partial charge in [-0.2, -0.15) is 0 Å². The number of esters is 1. The predicted molar refractivity (Wildman–Crippen MR) is 91.8 cm³/mol. The van der Waals surface area contributed by atoms with E-state index in [-0.39, 0.29) is 18.5 Å². The summed E-state index contributed by atoms with van der Waals surface area (Å²) in [6, 6.07) is 6.22. The van der Waals surface area contributed by atoms with E-state index in [1.54, 1.807) is 18.2 Å². The number of H-pyrrole nitrogens is 1. The van der Waals surface area contributed by atoms with Gasteiger partial charge in [0.25, 0.3) is 0 Å². The number of carbonyl (C=O) groups excluding carboxylic acids is 1. The van der Waals surface area contributed by atoms with E-state index < -0.39 is 5.97 Å². The van der Waals surface area contributed by atoms with Crippen LogP contribution in [0.4, 0.5) is 0 Å². The van der Waals surface area contributed by atoms with Crippen LogP contribution in [-0.4, -0.2) is 25.2 Å². The molecule has 0 aliphatic carbocycles. The molecule has 122 valence electrons. The number of methoxy groups -OCH3 is 2. The zero-order valence-corrected chi connectivity index (χ0v) is 12.9. The highest BCUT2D eigenvalue weighted by Gasteiger charge is 2.09. The molecule has 1 heterocycles. The second-order valence-electron chi connectivity index (χ2n) is 3.45. The van der Waals surface area contributed by atoms with Crippen LogP contribution in [0.15, 0.2) is 42.2 Å². The molecule has 2 rings (SSSR count). The van der Waals surface area contributed by atoms with Gasteiger partial charge in [-0.05, 0) is 12.1 Å². The van der Waals surface area contributed by atoms with Crippen molar-refractivity contribution in [1.82, 2.24) is 4.98 Å². The lowest BCUT2D eigenvalue weighted by atomic mass is 10.2. The van der Waals surface area contributed by atoms with Crippen molar-refractivity contribution in [3.63, 3.8) is 0 Å². The topological polar surface area (TPSA) is 68.4 Å². The average molecular weight is 307 g/mol. The van der Waals surface area contributed by atoms with E-state index in [0.29, 0.717) is 16.7 Å². The van der Waals surface area contributed by atoms with Gasteiger partial charge in [-0.3, -0.25) is 4.79 Å². The van der Waals surface area contributed by atoms with E-state index in [1.165, 1.54) is 20.3 Å². The molecule has 22 heavy (non-hydrogen) atoms. The molecule has 2 aromatic rings. The molecule has 0 amide bonds. The summed E-state index contributed by atoms with van der Waals surface area (Å²) in [5.74, 6) is 0.0296. The normalized spacial score (nSPS) is 8.36. The van der Waals surface area contributed by atoms with Crippen LogP contribution >= 0.6 is 0 Å². The average Bonchev–Trinajstić information content (AvgIpc) is 2.57. The van der Waals surface area contributed by atoms with Crippen LogP contribution in [-0.2, 0) is 4.74 Å². The zero-order valence-electron chi connectivity index (χ0n) is 12.9. The molecule has 0 aliphatic heterocycles. The Morgan fingerprint density at radius 3 is 2.23 bits per heavy atom. The Bertz CT molecular complexity index is 647. The van der Waals surface area contributed by atoms with Crippen molar-refractivity contribution in [3.8, 4) is 5.75 Å². The molecule has 0 spiro atoms. The summed E-state index contributed by atoms with van der Waals surface area (Å²) in [4.78, 5) is 25.9. The minimum Gasteiger partial charge on any atom is -0.497 e. The number of ether oxygens (including phenoxy) is 2. The van der Waals surface area contributed by atoms with Gasteiger partial charge in [0, 0.05) is 17.5 Å². The van der Waals surface area contributed by atoms with Crippen LogP contribution < -0.4 is 10.2 Å². The number of nitrogens with one attached hydrogen (secondary N) is 1. The molecule has 0 aliphatic rings. The summed E-state index contributed by atoms with van der Waals surface area (Å²) in [6.07, 6.45) is 0. The second kappa shape index (κ2) is 11.1. The third-order valence-corrected chi connectivity index (χ3v) is 2.44. The highest BCUT2D eigenvalue weighted by atomic mass is 16.5. The van der Waals surface area contributed by atoms with Crippen LogP contribution in [0.1, 0.15) is 31.8 Å². The summed E-state index contributed by atoms with van der Waals surface area (Å²) in [5.41, 5.74) is 0.428. The van der Waals surface area contributed by atoms with E-state index in [1.807, 2.05) is 13.8 Å². The van der Waals surface area contributed by atoms with Gasteiger partial charge in [-0.15, -0.1) is 13.2 Å². The maximum Gasteiger partial charge on any atom is 0.354 e. The first-order chi connectivity index (χ1) is 10.2. The standard InChI is InChI=1S/C12H11NO4.C2H6.C2H4.CH4/c1-16-7-3-4-8-9(5-7)13-10(6-11(8)14)12(15)17-2;2*1-2;/h3-6H,1-2H3,(H,13,14);1-2H3;1-2H2;1H4. The van der Waals surface area contributed by atoms with Crippen molar-refractivity contribution in [3.05, 3.63) is 53.3 Å². The number of aromatic amines is 1. The Balaban J connectivity index is 0. The van der Waals surface area contributed by atoms with E-state index >= 15 is 0 Å². The van der Waals surface area contributed by atoms with Gasteiger partial charge >= 0.3 is 5.97 Å². The molecule has 0 fully saturated rings. The molecule has 1 aromatic carbocycles. The summed E-state index contributed by atoms with van der Waals surface area (Å²) >= 11 is 0. The quantitative estimate of drug-likeness (QED) is 0.677. The molecule has 1 N–H and O–H groups in total. The summed E-state index contributed by atoms with van der Waals surface area (Å²) in [7, 11) is 2.79. The molecular formula is C17H25NO4. The Labute approximate surface area is 131 Å². The first-order valence-corrected chi connectivity index (χ1v) is 6.45. The lowest BCUT2D eigenvalue weighted by Gasteiger charge is -2.04. The van der Waals surface area contributed by atoms with Crippen molar-refractivity contribution >= 4 is 16.9 Å². The number of benzene rings is 1. The minimum absolute atomic E-state index is 0. The van der Waals surface area contributed by atoms with Gasteiger partial charge in [0.05, 0.1) is 19.7 Å². The fourth-order valence-corrected chi connectivity index (χ4v) is 1.58. The van der Waals surface area contributed by atoms with Crippen molar-refractivity contribution in [2.45, 2.75) is 21.3 Å². The number of hydrogen-bond donors (Lipinski definition) is 1. The Morgan fingerprint density at radius 2 is 1.73 bits per heavy atom. The lowest BCUT2D eigenvalue weighted by molar-refractivity contribution is 0.0594. The minimum atomic E-state index is -0.577. The van der Waals surface area contributed by atoms with Crippen molar-refractivity contribution < 1.29 is 14.3 Å². The molecule has 0 bridgehead atoms. The van der Waals surface area contributed by atoms with Gasteiger partial charge < -0.3 is 14.5 Å². The SMILES string of the molecule is C.C=C.CC.COC(=O)c1cc(=O)c2ccc(OC)cc2[nH]1. The molecule has 0 radical (unpaired) electrons. The van der Waals surface area contributed by atoms with Crippen LogP contribution in [0, 0.1) is 0 Å². The van der Waals surface area contributed by atoms with Crippen LogP contribution in [0.3, 0.4) is 0 Å². The van der Waals surface area contributed by atoms with Gasteiger partial charge in [-0.25, -0.2) is 4.79 Å². The Hall–Kier alpha value is -2.56. The van der Waals surface area contributed by atoms with Gasteiger partial charge in [0.2, 0.25) is 0 Å². The third kappa shape index (κ3) is 5.09. The molecule has 1 aromatic heterocycles. The maximum atomic E-state index is 11.8. The van der Waals surface area contributed by atoms with Crippen molar-refractivity contribution in [2.75, 3.05) is 14.2 Å². The lowest BCUT2D eigenvalue weighted by Crippen LogP contribution is -2.11. The molecule has 0 atom stereocenters. The zero-order chi connectivity index (χ0) is 16.4. The predicted octanol–water partition coefficient (Wildman–Crippen LogP) is 3.79. The van der Waals surface area contributed by atoms with E-state index in [0.717, 1.165) is 0 Å². The monoisotopic (exact) mass is 307 g/mol. The summed E-state index contributed by atoms with van der Waals surface area (Å²) in [6.45, 7) is 10.0. The second-order valence-corrected chi connectivity index (χ2v) is 3.45. The fraction of sp³-hybridized carbons (Fsp3) is 0.294. The smallest absolute Gasteiger partial charge is 0.354 e. The van der Waals surface area contributed by atoms with Gasteiger partial charge in [0.15, 0.2) is 5.43 Å². The van der Waals surface area contributed by atoms with Crippen LogP contribution in [0.2, 0.25) is 0 Å². The largest absolute Gasteiger partial charge is 0.497 e. The maximum absolute atomic E-state index is 11.8. The van der Waals surface area contributed by atoms with Gasteiger partial charge in [-0.1, -0.05) is 21.3 Å². The summed E-state index contributed by atoms with van der Waals surface area (Å²) < 4.78 is 9.61. The van der Waals surface area contributed by atoms with Gasteiger partial charge in [0.1, 0.15) is 11.4 Å². The van der Waals surface area contributed by atoms with Crippen molar-refractivity contribution in [2.24, 2.45) is 0 Å². The van der Waals surface area contributed by atoms with Crippen LogP contribution in [0.25, 0.3) is 10.9 Å². The number of carbonyl (C=O) groups is 1.